The smallest absolute Gasteiger partial charge is 0.289 e. The third-order valence-electron chi connectivity index (χ3n) is 2.82. The van der Waals surface area contributed by atoms with Crippen molar-refractivity contribution in [1.82, 2.24) is 5.32 Å². The monoisotopic (exact) mass is 298 g/mol. The number of nitrogens with one attached hydrogen (secondary N) is 1. The third-order valence-corrected chi connectivity index (χ3v) is 3.64. The molecular formula is C16H11FN2OS. The number of benzene rings is 2. The zero-order chi connectivity index (χ0) is 14.7. The number of amides is 1. The predicted molar refractivity (Wildman–Crippen MR) is 84.0 cm³/mol. The highest BCUT2D eigenvalue weighted by atomic mass is 32.2. The number of amidine groups is 1. The van der Waals surface area contributed by atoms with Crippen molar-refractivity contribution in [1.29, 1.82) is 0 Å². The highest BCUT2D eigenvalue weighted by molar-refractivity contribution is 8.18. The second-order valence-corrected chi connectivity index (χ2v) is 5.39. The van der Waals surface area contributed by atoms with Gasteiger partial charge >= 0.3 is 0 Å². The number of aliphatic imine (C=N–C) groups is 1. The summed E-state index contributed by atoms with van der Waals surface area (Å²) in [6.45, 7) is 0. The standard InChI is InChI=1S/C16H11FN2OS/c17-12-8-6-11(7-9-12)10-14-15(19-16(20)21-14)18-13-4-2-1-3-5-13/h1-10H,(H,18,19,20)/b14-10-. The van der Waals surface area contributed by atoms with E-state index in [0.717, 1.165) is 27.9 Å². The Bertz CT molecular complexity index is 724. The van der Waals surface area contributed by atoms with Crippen LogP contribution in [0.2, 0.25) is 0 Å². The minimum atomic E-state index is -0.288. The molecule has 0 atom stereocenters. The minimum Gasteiger partial charge on any atom is -0.300 e. The van der Waals surface area contributed by atoms with Gasteiger partial charge in [0.2, 0.25) is 0 Å². The van der Waals surface area contributed by atoms with Gasteiger partial charge in [-0.3, -0.25) is 4.79 Å². The molecule has 0 radical (unpaired) electrons. The molecule has 104 valence electrons. The van der Waals surface area contributed by atoms with E-state index in [9.17, 15) is 9.18 Å². The molecule has 3 nitrogen and oxygen atoms in total. The first-order chi connectivity index (χ1) is 10.2. The van der Waals surface area contributed by atoms with Crippen LogP contribution in [0, 0.1) is 5.82 Å². The van der Waals surface area contributed by atoms with Gasteiger partial charge in [-0.15, -0.1) is 0 Å². The van der Waals surface area contributed by atoms with Crippen molar-refractivity contribution in [2.45, 2.75) is 0 Å². The van der Waals surface area contributed by atoms with Crippen LogP contribution in [0.15, 0.2) is 64.5 Å². The molecule has 0 bridgehead atoms. The molecule has 1 heterocycles. The molecule has 0 aliphatic carbocycles. The number of thioether (sulfide) groups is 1. The van der Waals surface area contributed by atoms with Gasteiger partial charge in [-0.1, -0.05) is 30.3 Å². The maximum atomic E-state index is 12.9. The van der Waals surface area contributed by atoms with Gasteiger partial charge in [-0.25, -0.2) is 9.38 Å². The fourth-order valence-electron chi connectivity index (χ4n) is 1.85. The lowest BCUT2D eigenvalue weighted by molar-refractivity contribution is 0.265. The Morgan fingerprint density at radius 3 is 2.48 bits per heavy atom. The number of rotatable bonds is 2. The van der Waals surface area contributed by atoms with Crippen molar-refractivity contribution in [3.63, 3.8) is 0 Å². The lowest BCUT2D eigenvalue weighted by Crippen LogP contribution is -2.18. The summed E-state index contributed by atoms with van der Waals surface area (Å²) < 4.78 is 12.9. The van der Waals surface area contributed by atoms with Gasteiger partial charge in [-0.05, 0) is 47.7 Å². The molecule has 0 aromatic heterocycles. The summed E-state index contributed by atoms with van der Waals surface area (Å²) in [6, 6.07) is 15.5. The first-order valence-corrected chi connectivity index (χ1v) is 7.12. The molecule has 0 spiro atoms. The van der Waals surface area contributed by atoms with Crippen LogP contribution < -0.4 is 5.32 Å². The highest BCUT2D eigenvalue weighted by Gasteiger charge is 2.23. The summed E-state index contributed by atoms with van der Waals surface area (Å²) in [4.78, 5) is 16.7. The molecule has 1 fully saturated rings. The predicted octanol–water partition coefficient (Wildman–Crippen LogP) is 4.35. The largest absolute Gasteiger partial charge is 0.300 e. The Morgan fingerprint density at radius 2 is 1.76 bits per heavy atom. The van der Waals surface area contributed by atoms with Crippen LogP contribution in [0.1, 0.15) is 5.56 Å². The molecule has 0 saturated carbocycles. The summed E-state index contributed by atoms with van der Waals surface area (Å²) in [7, 11) is 0. The van der Waals surface area contributed by atoms with Gasteiger partial charge in [-0.2, -0.15) is 0 Å². The second kappa shape index (κ2) is 5.93. The fourth-order valence-corrected chi connectivity index (χ4v) is 2.59. The quantitative estimate of drug-likeness (QED) is 0.895. The van der Waals surface area contributed by atoms with Crippen molar-refractivity contribution in [2.24, 2.45) is 4.99 Å². The maximum absolute atomic E-state index is 12.9. The molecule has 2 aromatic carbocycles. The summed E-state index contributed by atoms with van der Waals surface area (Å²) in [5.41, 5.74) is 1.58. The summed E-state index contributed by atoms with van der Waals surface area (Å²) in [6.07, 6.45) is 1.81. The van der Waals surface area contributed by atoms with E-state index >= 15 is 0 Å². The van der Waals surface area contributed by atoms with Crippen LogP contribution in [0.5, 0.6) is 0 Å². The molecule has 1 amide bonds. The topological polar surface area (TPSA) is 41.5 Å². The highest BCUT2D eigenvalue weighted by Crippen LogP contribution is 2.28. The molecule has 1 aliphatic rings. The normalized spacial score (nSPS) is 18.2. The van der Waals surface area contributed by atoms with Crippen LogP contribution in [0.4, 0.5) is 14.9 Å². The number of para-hydroxylation sites is 1. The van der Waals surface area contributed by atoms with E-state index in [1.807, 2.05) is 36.4 Å². The lowest BCUT2D eigenvalue weighted by atomic mass is 10.2. The maximum Gasteiger partial charge on any atom is 0.289 e. The SMILES string of the molecule is O=C1NC(=Nc2ccccc2)/C(=C/c2ccc(F)cc2)S1. The summed E-state index contributed by atoms with van der Waals surface area (Å²) in [5, 5.41) is 2.55. The van der Waals surface area contributed by atoms with Crippen molar-refractivity contribution in [2.75, 3.05) is 0 Å². The molecular weight excluding hydrogens is 287 g/mol. The van der Waals surface area contributed by atoms with E-state index in [2.05, 4.69) is 10.3 Å². The van der Waals surface area contributed by atoms with Crippen LogP contribution in [0.25, 0.3) is 6.08 Å². The van der Waals surface area contributed by atoms with E-state index in [4.69, 9.17) is 0 Å². The summed E-state index contributed by atoms with van der Waals surface area (Å²) >= 11 is 1.08. The number of carbonyl (C=O) groups excluding carboxylic acids is 1. The minimum absolute atomic E-state index is 0.168. The van der Waals surface area contributed by atoms with Gasteiger partial charge in [0.15, 0.2) is 0 Å². The van der Waals surface area contributed by atoms with Crippen LogP contribution in [0.3, 0.4) is 0 Å². The van der Waals surface area contributed by atoms with E-state index in [-0.39, 0.29) is 11.1 Å². The number of hydrogen-bond acceptors (Lipinski definition) is 3. The Kier molecular flexibility index (Phi) is 3.83. The van der Waals surface area contributed by atoms with Gasteiger partial charge in [0.1, 0.15) is 11.7 Å². The number of halogens is 1. The molecule has 1 saturated heterocycles. The fraction of sp³-hybridized carbons (Fsp3) is 0. The van der Waals surface area contributed by atoms with Crippen LogP contribution in [-0.4, -0.2) is 11.1 Å². The van der Waals surface area contributed by atoms with Crippen LogP contribution in [-0.2, 0) is 0 Å². The Morgan fingerprint density at radius 1 is 1.05 bits per heavy atom. The average Bonchev–Trinajstić information content (AvgIpc) is 2.82. The number of nitrogens with zero attached hydrogens (tertiary/aromatic N) is 1. The molecule has 1 aliphatic heterocycles. The molecule has 5 heteroatoms. The Balaban J connectivity index is 1.94. The second-order valence-electron chi connectivity index (χ2n) is 4.37. The molecule has 3 rings (SSSR count). The molecule has 2 aromatic rings. The number of hydrogen-bond donors (Lipinski definition) is 1. The Hall–Kier alpha value is -2.40. The van der Waals surface area contributed by atoms with Crippen molar-refractivity contribution in [3.8, 4) is 0 Å². The van der Waals surface area contributed by atoms with E-state index in [1.165, 1.54) is 12.1 Å². The molecule has 1 N–H and O–H groups in total. The van der Waals surface area contributed by atoms with E-state index < -0.39 is 0 Å². The van der Waals surface area contributed by atoms with Gasteiger partial charge in [0, 0.05) is 0 Å². The average molecular weight is 298 g/mol. The van der Waals surface area contributed by atoms with Gasteiger partial charge < -0.3 is 5.32 Å². The zero-order valence-electron chi connectivity index (χ0n) is 10.9. The number of carbonyl (C=O) groups is 1. The van der Waals surface area contributed by atoms with Gasteiger partial charge in [0.25, 0.3) is 5.24 Å². The third kappa shape index (κ3) is 3.38. The first kappa shape index (κ1) is 13.6. The molecule has 21 heavy (non-hydrogen) atoms. The Labute approximate surface area is 125 Å². The van der Waals surface area contributed by atoms with Crippen molar-refractivity contribution >= 4 is 34.6 Å². The van der Waals surface area contributed by atoms with Crippen molar-refractivity contribution in [3.05, 3.63) is 70.9 Å². The van der Waals surface area contributed by atoms with Gasteiger partial charge in [0.05, 0.1) is 10.6 Å². The zero-order valence-corrected chi connectivity index (χ0v) is 11.7. The lowest BCUT2D eigenvalue weighted by Gasteiger charge is -2.00. The van der Waals surface area contributed by atoms with E-state index in [1.54, 1.807) is 12.1 Å². The summed E-state index contributed by atoms with van der Waals surface area (Å²) in [5.74, 6) is 0.226. The molecule has 0 unspecified atom stereocenters. The first-order valence-electron chi connectivity index (χ1n) is 6.31. The van der Waals surface area contributed by atoms with Crippen molar-refractivity contribution < 1.29 is 9.18 Å². The van der Waals surface area contributed by atoms with E-state index in [0.29, 0.717) is 5.84 Å². The van der Waals surface area contributed by atoms with Crippen LogP contribution >= 0.6 is 11.8 Å².